The maximum absolute atomic E-state index is 13.2. The molecule has 0 spiro atoms. The molecule has 0 aliphatic carbocycles. The Labute approximate surface area is 237 Å². The van der Waals surface area contributed by atoms with Crippen LogP contribution in [0, 0.1) is 0 Å². The molecule has 0 aromatic heterocycles. The number of nitrogens with zero attached hydrogens (tertiary/aromatic N) is 1. The van der Waals surface area contributed by atoms with Crippen molar-refractivity contribution in [2.75, 3.05) is 30.5 Å². The number of aromatic hydroxyl groups is 1. The molecule has 1 aliphatic heterocycles. The third kappa shape index (κ3) is 6.41. The Balaban J connectivity index is 1.55. The first kappa shape index (κ1) is 28.2. The van der Waals surface area contributed by atoms with Gasteiger partial charge in [0.25, 0.3) is 17.7 Å². The molecule has 1 aliphatic rings. The fraction of sp³-hybridized carbons (Fsp3) is 0.143. The van der Waals surface area contributed by atoms with Gasteiger partial charge < -0.3 is 24.6 Å². The van der Waals surface area contributed by atoms with Gasteiger partial charge in [0.2, 0.25) is 0 Å². The van der Waals surface area contributed by atoms with Crippen LogP contribution in [0.1, 0.15) is 12.5 Å². The predicted octanol–water partition coefficient (Wildman–Crippen LogP) is 4.25. The summed E-state index contributed by atoms with van der Waals surface area (Å²) in [4.78, 5) is 51.4. The van der Waals surface area contributed by atoms with Crippen LogP contribution in [-0.4, -0.2) is 49.2 Å². The number of urea groups is 1. The van der Waals surface area contributed by atoms with Crippen molar-refractivity contribution in [3.63, 3.8) is 0 Å². The number of carbonyl (C=O) groups is 4. The van der Waals surface area contributed by atoms with Gasteiger partial charge in [0, 0.05) is 5.69 Å². The number of anilines is 2. The van der Waals surface area contributed by atoms with Crippen LogP contribution in [0.25, 0.3) is 6.08 Å². The normalized spacial score (nSPS) is 14.1. The van der Waals surface area contributed by atoms with Crippen molar-refractivity contribution in [1.82, 2.24) is 5.32 Å². The van der Waals surface area contributed by atoms with Gasteiger partial charge in [-0.3, -0.25) is 19.7 Å². The number of rotatable bonds is 9. The Kier molecular flexibility index (Phi) is 8.70. The third-order valence-corrected chi connectivity index (χ3v) is 6.16. The number of phenols is 1. The van der Waals surface area contributed by atoms with Gasteiger partial charge >= 0.3 is 6.03 Å². The van der Waals surface area contributed by atoms with E-state index in [4.69, 9.17) is 14.2 Å². The fourth-order valence-electron chi connectivity index (χ4n) is 3.74. The Hall–Kier alpha value is -4.84. The van der Waals surface area contributed by atoms with Crippen molar-refractivity contribution < 1.29 is 38.5 Å². The first-order chi connectivity index (χ1) is 19.2. The van der Waals surface area contributed by atoms with Crippen molar-refractivity contribution in [2.45, 2.75) is 6.92 Å². The summed E-state index contributed by atoms with van der Waals surface area (Å²) in [6.45, 7) is 1.71. The molecule has 1 saturated heterocycles. The van der Waals surface area contributed by atoms with Crippen molar-refractivity contribution in [3.05, 3.63) is 76.3 Å². The molecule has 0 atom stereocenters. The van der Waals surface area contributed by atoms with Gasteiger partial charge in [-0.1, -0.05) is 0 Å². The van der Waals surface area contributed by atoms with Gasteiger partial charge in [0.1, 0.15) is 17.1 Å². The quantitative estimate of drug-likeness (QED) is 0.241. The number of ether oxygens (including phenoxy) is 3. The lowest BCUT2D eigenvalue weighted by atomic mass is 10.1. The lowest BCUT2D eigenvalue weighted by molar-refractivity contribution is -0.122. The minimum absolute atomic E-state index is 0.0470. The number of phenolic OH excluding ortho intramolecular Hbond substituents is 1. The molecule has 4 rings (SSSR count). The summed E-state index contributed by atoms with van der Waals surface area (Å²) in [6, 6.07) is 14.4. The first-order valence-electron chi connectivity index (χ1n) is 11.9. The van der Waals surface area contributed by atoms with E-state index >= 15 is 0 Å². The summed E-state index contributed by atoms with van der Waals surface area (Å²) in [5.74, 6) is -1.01. The molecule has 11 nitrogen and oxygen atoms in total. The van der Waals surface area contributed by atoms with Gasteiger partial charge in [-0.05, 0) is 95.2 Å². The van der Waals surface area contributed by atoms with Crippen molar-refractivity contribution in [3.8, 4) is 23.0 Å². The molecule has 40 heavy (non-hydrogen) atoms. The standard InChI is InChI=1S/C28H24BrN3O8/c1-3-39-23-14-16(12-21-26(35)31-28(37)32(27(21)36)18-6-8-19(33)9-7-18)13-22(29)25(23)40-15-24(34)30-17-4-10-20(38-2)11-5-17/h4-14,33H,3,15H2,1-2H3,(H,30,34)(H,31,35,37)/b21-12-. The van der Waals surface area contributed by atoms with E-state index in [1.807, 2.05) is 0 Å². The second-order valence-electron chi connectivity index (χ2n) is 8.30. The van der Waals surface area contributed by atoms with Gasteiger partial charge in [0.05, 0.1) is 23.9 Å². The fourth-order valence-corrected chi connectivity index (χ4v) is 4.32. The van der Waals surface area contributed by atoms with E-state index in [1.165, 1.54) is 30.3 Å². The van der Waals surface area contributed by atoms with Crippen LogP contribution in [0.2, 0.25) is 0 Å². The molecular weight excluding hydrogens is 586 g/mol. The first-order valence-corrected chi connectivity index (χ1v) is 12.7. The van der Waals surface area contributed by atoms with Crippen molar-refractivity contribution in [1.29, 1.82) is 0 Å². The molecule has 3 N–H and O–H groups in total. The zero-order valence-electron chi connectivity index (χ0n) is 21.4. The summed E-state index contributed by atoms with van der Waals surface area (Å²) in [6.07, 6.45) is 1.31. The van der Waals surface area contributed by atoms with Gasteiger partial charge in [-0.25, -0.2) is 9.69 Å². The van der Waals surface area contributed by atoms with Crippen LogP contribution in [0.15, 0.2) is 70.7 Å². The number of barbiturate groups is 1. The highest BCUT2D eigenvalue weighted by Crippen LogP contribution is 2.38. The average molecular weight is 610 g/mol. The number of hydrogen-bond donors (Lipinski definition) is 3. The molecule has 1 fully saturated rings. The largest absolute Gasteiger partial charge is 0.508 e. The third-order valence-electron chi connectivity index (χ3n) is 5.57. The molecule has 206 valence electrons. The predicted molar refractivity (Wildman–Crippen MR) is 150 cm³/mol. The number of imide groups is 2. The van der Waals surface area contributed by atoms with Crippen molar-refractivity contribution >= 4 is 57.1 Å². The summed E-state index contributed by atoms with van der Waals surface area (Å²) in [7, 11) is 1.55. The van der Waals surface area contributed by atoms with E-state index in [1.54, 1.807) is 50.4 Å². The highest BCUT2D eigenvalue weighted by atomic mass is 79.9. The number of methoxy groups -OCH3 is 1. The van der Waals surface area contributed by atoms with E-state index in [0.29, 0.717) is 21.5 Å². The topological polar surface area (TPSA) is 144 Å². The van der Waals surface area contributed by atoms with E-state index in [2.05, 4.69) is 26.6 Å². The lowest BCUT2D eigenvalue weighted by Crippen LogP contribution is -2.54. The highest BCUT2D eigenvalue weighted by Gasteiger charge is 2.37. The number of hydrogen-bond acceptors (Lipinski definition) is 8. The summed E-state index contributed by atoms with van der Waals surface area (Å²) in [5, 5.41) is 14.4. The Morgan fingerprint density at radius 3 is 2.40 bits per heavy atom. The number of carbonyl (C=O) groups excluding carboxylic acids is 4. The second-order valence-corrected chi connectivity index (χ2v) is 9.16. The van der Waals surface area contributed by atoms with E-state index in [0.717, 1.165) is 4.90 Å². The molecule has 0 unspecified atom stereocenters. The molecule has 12 heteroatoms. The van der Waals surface area contributed by atoms with Crippen LogP contribution in [-0.2, 0) is 14.4 Å². The van der Waals surface area contributed by atoms with Crippen LogP contribution >= 0.6 is 15.9 Å². The smallest absolute Gasteiger partial charge is 0.335 e. The van der Waals surface area contributed by atoms with Crippen molar-refractivity contribution in [2.24, 2.45) is 0 Å². The number of halogens is 1. The number of amides is 5. The van der Waals surface area contributed by atoms with E-state index in [9.17, 15) is 24.3 Å². The number of benzene rings is 3. The van der Waals surface area contributed by atoms with E-state index in [-0.39, 0.29) is 41.7 Å². The van der Waals surface area contributed by atoms with Crippen LogP contribution in [0.3, 0.4) is 0 Å². The molecule has 5 amide bonds. The van der Waals surface area contributed by atoms with Crippen LogP contribution < -0.4 is 29.7 Å². The van der Waals surface area contributed by atoms with Gasteiger partial charge in [-0.15, -0.1) is 0 Å². The molecular formula is C28H24BrN3O8. The van der Waals surface area contributed by atoms with Crippen LogP contribution in [0.5, 0.6) is 23.0 Å². The molecule has 0 saturated carbocycles. The van der Waals surface area contributed by atoms with E-state index < -0.39 is 23.8 Å². The Morgan fingerprint density at radius 2 is 1.75 bits per heavy atom. The zero-order valence-corrected chi connectivity index (χ0v) is 23.0. The minimum atomic E-state index is -0.911. The SMILES string of the molecule is CCOc1cc(/C=C2/C(=O)NC(=O)N(c3ccc(O)cc3)C2=O)cc(Br)c1OCC(=O)Nc1ccc(OC)cc1. The van der Waals surface area contributed by atoms with Gasteiger partial charge in [-0.2, -0.15) is 0 Å². The maximum Gasteiger partial charge on any atom is 0.335 e. The molecule has 0 bridgehead atoms. The number of nitrogens with one attached hydrogen (secondary N) is 2. The lowest BCUT2D eigenvalue weighted by Gasteiger charge is -2.26. The van der Waals surface area contributed by atoms with Gasteiger partial charge in [0.15, 0.2) is 18.1 Å². The summed E-state index contributed by atoms with van der Waals surface area (Å²) < 4.78 is 16.9. The zero-order chi connectivity index (χ0) is 28.8. The average Bonchev–Trinajstić information content (AvgIpc) is 2.92. The molecule has 1 heterocycles. The summed E-state index contributed by atoms with van der Waals surface area (Å²) in [5.41, 5.74) is 0.834. The molecule has 0 radical (unpaired) electrons. The maximum atomic E-state index is 13.2. The molecule has 3 aromatic rings. The second kappa shape index (κ2) is 12.3. The monoisotopic (exact) mass is 609 g/mol. The highest BCUT2D eigenvalue weighted by molar-refractivity contribution is 9.10. The minimum Gasteiger partial charge on any atom is -0.508 e. The Morgan fingerprint density at radius 1 is 1.05 bits per heavy atom. The summed E-state index contributed by atoms with van der Waals surface area (Å²) >= 11 is 3.41. The van der Waals surface area contributed by atoms with Crippen LogP contribution in [0.4, 0.5) is 16.2 Å². The Bertz CT molecular complexity index is 1490. The molecule has 3 aromatic carbocycles.